The molecule has 0 saturated carbocycles. The van der Waals surface area contributed by atoms with E-state index < -0.39 is 10.0 Å². The van der Waals surface area contributed by atoms with E-state index in [2.05, 4.69) is 10.1 Å². The van der Waals surface area contributed by atoms with E-state index in [1.165, 1.54) is 22.8 Å². The van der Waals surface area contributed by atoms with Gasteiger partial charge in [-0.05, 0) is 44.7 Å². The van der Waals surface area contributed by atoms with E-state index in [0.29, 0.717) is 49.4 Å². The van der Waals surface area contributed by atoms with Crippen molar-refractivity contribution in [2.24, 2.45) is 5.92 Å². The van der Waals surface area contributed by atoms with Crippen molar-refractivity contribution in [1.82, 2.24) is 9.62 Å². The minimum atomic E-state index is -3.53. The van der Waals surface area contributed by atoms with Crippen LogP contribution in [0.4, 0.5) is 0 Å². The lowest BCUT2D eigenvalue weighted by molar-refractivity contribution is -0.140. The molecule has 146 valence electrons. The second kappa shape index (κ2) is 9.48. The topological polar surface area (TPSA) is 92.8 Å². The summed E-state index contributed by atoms with van der Waals surface area (Å²) in [5.74, 6) is -0.709. The van der Waals surface area contributed by atoms with Crippen molar-refractivity contribution in [1.29, 1.82) is 0 Å². The van der Waals surface area contributed by atoms with Crippen LogP contribution in [0.25, 0.3) is 0 Å². The van der Waals surface area contributed by atoms with E-state index in [-0.39, 0.29) is 24.3 Å². The Hall–Kier alpha value is -1.45. The summed E-state index contributed by atoms with van der Waals surface area (Å²) in [4.78, 5) is 24.3. The molecule has 1 fully saturated rings. The number of methoxy groups -OCH3 is 1. The van der Waals surface area contributed by atoms with Crippen LogP contribution >= 0.6 is 11.3 Å². The minimum Gasteiger partial charge on any atom is -0.469 e. The number of unbranched alkanes of at least 4 members (excludes halogenated alkanes) is 1. The zero-order valence-electron chi connectivity index (χ0n) is 15.2. The van der Waals surface area contributed by atoms with Gasteiger partial charge in [0.2, 0.25) is 5.91 Å². The van der Waals surface area contributed by atoms with E-state index in [9.17, 15) is 18.0 Å². The number of rotatable bonds is 8. The van der Waals surface area contributed by atoms with Crippen LogP contribution in [0.5, 0.6) is 0 Å². The highest BCUT2D eigenvalue weighted by atomic mass is 32.2. The first-order valence-electron chi connectivity index (χ1n) is 8.75. The number of carbonyl (C=O) groups is 2. The number of sulfonamides is 1. The number of hydrogen-bond acceptors (Lipinski definition) is 6. The Morgan fingerprint density at radius 2 is 2.12 bits per heavy atom. The van der Waals surface area contributed by atoms with Crippen molar-refractivity contribution in [2.45, 2.75) is 43.2 Å². The third-order valence-electron chi connectivity index (χ3n) is 4.40. The van der Waals surface area contributed by atoms with Crippen LogP contribution in [0.3, 0.4) is 0 Å². The molecule has 2 heterocycles. The molecule has 0 spiro atoms. The summed E-state index contributed by atoms with van der Waals surface area (Å²) in [6.45, 7) is 3.01. The van der Waals surface area contributed by atoms with Gasteiger partial charge in [-0.1, -0.05) is 0 Å². The van der Waals surface area contributed by atoms with Crippen LogP contribution in [0.15, 0.2) is 16.3 Å². The predicted octanol–water partition coefficient (Wildman–Crippen LogP) is 1.92. The Labute approximate surface area is 158 Å². The minimum absolute atomic E-state index is 0.120. The molecule has 0 bridgehead atoms. The number of hydrogen-bond donors (Lipinski definition) is 1. The number of aryl methyl sites for hydroxylation is 1. The number of piperidine rings is 1. The normalized spacial score (nSPS) is 18.5. The summed E-state index contributed by atoms with van der Waals surface area (Å²) in [7, 11) is -2.18. The maximum atomic E-state index is 12.7. The van der Waals surface area contributed by atoms with Crippen molar-refractivity contribution in [3.8, 4) is 0 Å². The number of nitrogens with one attached hydrogen (secondary N) is 1. The lowest BCUT2D eigenvalue weighted by Gasteiger charge is -2.30. The van der Waals surface area contributed by atoms with Gasteiger partial charge in [0.15, 0.2) is 0 Å². The lowest BCUT2D eigenvalue weighted by atomic mass is 9.99. The van der Waals surface area contributed by atoms with Gasteiger partial charge in [-0.15, -0.1) is 11.3 Å². The molecule has 0 radical (unpaired) electrons. The fraction of sp³-hybridized carbons (Fsp3) is 0.647. The van der Waals surface area contributed by atoms with E-state index in [4.69, 9.17) is 0 Å². The molecule has 1 aliphatic heterocycles. The van der Waals surface area contributed by atoms with Crippen molar-refractivity contribution in [3.63, 3.8) is 0 Å². The summed E-state index contributed by atoms with van der Waals surface area (Å²) in [6.07, 6.45) is 3.02. The SMILES string of the molecule is COC(=O)CCCCNC(=O)C1CCCN(S(=O)(=O)c2ccc(C)s2)C1. The zero-order chi connectivity index (χ0) is 19.2. The van der Waals surface area contributed by atoms with Crippen molar-refractivity contribution >= 4 is 33.2 Å². The maximum Gasteiger partial charge on any atom is 0.305 e. The third kappa shape index (κ3) is 5.52. The zero-order valence-corrected chi connectivity index (χ0v) is 16.8. The van der Waals surface area contributed by atoms with Crippen molar-refractivity contribution in [3.05, 3.63) is 17.0 Å². The van der Waals surface area contributed by atoms with Crippen molar-refractivity contribution in [2.75, 3.05) is 26.7 Å². The van der Waals surface area contributed by atoms with Crippen LogP contribution in [0.2, 0.25) is 0 Å². The monoisotopic (exact) mass is 402 g/mol. The summed E-state index contributed by atoms with van der Waals surface area (Å²) in [5.41, 5.74) is 0. The number of nitrogens with zero attached hydrogens (tertiary/aromatic N) is 1. The predicted molar refractivity (Wildman–Crippen MR) is 99.4 cm³/mol. The van der Waals surface area contributed by atoms with Crippen LogP contribution in [0, 0.1) is 12.8 Å². The summed E-state index contributed by atoms with van der Waals surface area (Å²) in [6, 6.07) is 3.42. The standard InChI is InChI=1S/C17H26N2O5S2/c1-13-8-9-16(25-13)26(22,23)19-11-5-6-14(12-19)17(21)18-10-4-3-7-15(20)24-2/h8-9,14H,3-7,10-12H2,1-2H3,(H,18,21). The molecule has 0 aliphatic carbocycles. The van der Waals surface area contributed by atoms with E-state index in [1.807, 2.05) is 6.92 Å². The smallest absolute Gasteiger partial charge is 0.305 e. The first-order chi connectivity index (χ1) is 12.3. The number of ether oxygens (including phenoxy) is 1. The Morgan fingerprint density at radius 3 is 2.77 bits per heavy atom. The summed E-state index contributed by atoms with van der Waals surface area (Å²) < 4.78 is 31.8. The van der Waals surface area contributed by atoms with E-state index in [1.54, 1.807) is 12.1 Å². The van der Waals surface area contributed by atoms with Gasteiger partial charge >= 0.3 is 5.97 Å². The Kier molecular flexibility index (Phi) is 7.60. The molecule has 26 heavy (non-hydrogen) atoms. The second-order valence-corrected chi connectivity index (χ2v) is 9.84. The summed E-state index contributed by atoms with van der Waals surface area (Å²) in [5, 5.41) is 2.85. The molecule has 2 rings (SSSR count). The molecule has 1 N–H and O–H groups in total. The first kappa shape index (κ1) is 20.9. The van der Waals surface area contributed by atoms with Gasteiger partial charge in [0.1, 0.15) is 4.21 Å². The number of esters is 1. The highest BCUT2D eigenvalue weighted by Gasteiger charge is 2.33. The first-order valence-corrected chi connectivity index (χ1v) is 11.0. The molecular formula is C17H26N2O5S2. The molecule has 1 atom stereocenters. The van der Waals surface area contributed by atoms with Crippen LogP contribution in [0.1, 0.15) is 37.0 Å². The third-order valence-corrected chi connectivity index (χ3v) is 7.73. The van der Waals surface area contributed by atoms with E-state index in [0.717, 1.165) is 4.88 Å². The lowest BCUT2D eigenvalue weighted by Crippen LogP contribution is -2.45. The number of thiophene rings is 1. The molecule has 1 unspecified atom stereocenters. The molecule has 1 aromatic rings. The molecule has 1 aliphatic rings. The fourth-order valence-electron chi connectivity index (χ4n) is 2.91. The fourth-order valence-corrected chi connectivity index (χ4v) is 5.87. The van der Waals surface area contributed by atoms with Crippen LogP contribution in [-0.4, -0.2) is 51.3 Å². The van der Waals surface area contributed by atoms with E-state index >= 15 is 0 Å². The van der Waals surface area contributed by atoms with Gasteiger partial charge in [-0.2, -0.15) is 4.31 Å². The Balaban J connectivity index is 1.83. The highest BCUT2D eigenvalue weighted by molar-refractivity contribution is 7.91. The van der Waals surface area contributed by atoms with Gasteiger partial charge in [0.25, 0.3) is 10.0 Å². The van der Waals surface area contributed by atoms with Gasteiger partial charge in [-0.25, -0.2) is 8.42 Å². The van der Waals surface area contributed by atoms with Gasteiger partial charge < -0.3 is 10.1 Å². The molecular weight excluding hydrogens is 376 g/mol. The molecule has 0 aromatic carbocycles. The van der Waals surface area contributed by atoms with Crippen LogP contribution in [-0.2, 0) is 24.3 Å². The van der Waals surface area contributed by atoms with Gasteiger partial charge in [0, 0.05) is 30.9 Å². The number of carbonyl (C=O) groups excluding carboxylic acids is 2. The quantitative estimate of drug-likeness (QED) is 0.530. The highest BCUT2D eigenvalue weighted by Crippen LogP contribution is 2.28. The second-order valence-electron chi connectivity index (χ2n) is 6.39. The molecule has 1 aromatic heterocycles. The van der Waals surface area contributed by atoms with Gasteiger partial charge in [0.05, 0.1) is 13.0 Å². The molecule has 1 saturated heterocycles. The van der Waals surface area contributed by atoms with Crippen LogP contribution < -0.4 is 5.32 Å². The van der Waals surface area contributed by atoms with Gasteiger partial charge in [-0.3, -0.25) is 9.59 Å². The molecule has 9 heteroatoms. The molecule has 1 amide bonds. The number of amides is 1. The average Bonchev–Trinajstić information content (AvgIpc) is 3.08. The molecule has 7 nitrogen and oxygen atoms in total. The van der Waals surface area contributed by atoms with Crippen molar-refractivity contribution < 1.29 is 22.7 Å². The summed E-state index contributed by atoms with van der Waals surface area (Å²) >= 11 is 1.25. The largest absolute Gasteiger partial charge is 0.469 e. The average molecular weight is 403 g/mol. The Morgan fingerprint density at radius 1 is 1.35 bits per heavy atom. The Bertz CT molecular complexity index is 729. The maximum absolute atomic E-state index is 12.7.